The number of hydrogen-bond donors (Lipinski definition) is 2. The molecular formula is C18H17N3O2. The highest BCUT2D eigenvalue weighted by Gasteiger charge is 2.03. The number of hydrogen-bond acceptors (Lipinski definition) is 5. The first-order valence-corrected chi connectivity index (χ1v) is 7.15. The zero-order chi connectivity index (χ0) is 16.1. The van der Waals surface area contributed by atoms with Crippen molar-refractivity contribution >= 4 is 11.4 Å². The van der Waals surface area contributed by atoms with E-state index in [9.17, 15) is 0 Å². The molecule has 3 aromatic rings. The Kier molecular flexibility index (Phi) is 4.29. The van der Waals surface area contributed by atoms with Gasteiger partial charge in [0, 0.05) is 23.6 Å². The monoisotopic (exact) mass is 307 g/mol. The molecule has 0 amide bonds. The summed E-state index contributed by atoms with van der Waals surface area (Å²) in [6.45, 7) is 0.471. The van der Waals surface area contributed by atoms with Gasteiger partial charge in [0.2, 0.25) is 0 Å². The Morgan fingerprint density at radius 1 is 0.913 bits per heavy atom. The van der Waals surface area contributed by atoms with Crippen molar-refractivity contribution in [3.8, 4) is 17.2 Å². The molecule has 0 aliphatic carbocycles. The normalized spacial score (nSPS) is 10.3. The van der Waals surface area contributed by atoms with Crippen molar-refractivity contribution in [2.45, 2.75) is 6.61 Å². The molecule has 5 nitrogen and oxygen atoms in total. The molecule has 23 heavy (non-hydrogen) atoms. The molecule has 0 saturated carbocycles. The van der Waals surface area contributed by atoms with E-state index in [1.165, 1.54) is 0 Å². The summed E-state index contributed by atoms with van der Waals surface area (Å²) < 4.78 is 11.4. The van der Waals surface area contributed by atoms with Gasteiger partial charge in [0.05, 0.1) is 5.69 Å². The second-order valence-electron chi connectivity index (χ2n) is 5.02. The van der Waals surface area contributed by atoms with Gasteiger partial charge in [0.15, 0.2) is 0 Å². The summed E-state index contributed by atoms with van der Waals surface area (Å²) in [5.74, 6) is 2.00. The minimum absolute atomic E-state index is 0.471. The van der Waals surface area contributed by atoms with E-state index in [0.29, 0.717) is 29.5 Å². The van der Waals surface area contributed by atoms with Crippen LogP contribution < -0.4 is 20.9 Å². The van der Waals surface area contributed by atoms with Crippen molar-refractivity contribution < 1.29 is 9.47 Å². The summed E-state index contributed by atoms with van der Waals surface area (Å²) in [7, 11) is 0. The molecule has 0 aliphatic heterocycles. The van der Waals surface area contributed by atoms with Gasteiger partial charge in [-0.15, -0.1) is 0 Å². The van der Waals surface area contributed by atoms with Crippen LogP contribution in [0, 0.1) is 0 Å². The fourth-order valence-corrected chi connectivity index (χ4v) is 2.04. The average molecular weight is 307 g/mol. The van der Waals surface area contributed by atoms with Crippen molar-refractivity contribution in [3.63, 3.8) is 0 Å². The maximum atomic E-state index is 5.88. The van der Waals surface area contributed by atoms with Gasteiger partial charge in [0.1, 0.15) is 23.9 Å². The molecule has 0 atom stereocenters. The second-order valence-corrected chi connectivity index (χ2v) is 5.02. The Morgan fingerprint density at radius 3 is 2.39 bits per heavy atom. The summed E-state index contributed by atoms with van der Waals surface area (Å²) in [4.78, 5) is 4.05. The number of anilines is 2. The Labute approximate surface area is 134 Å². The molecule has 5 heteroatoms. The second kappa shape index (κ2) is 6.70. The van der Waals surface area contributed by atoms with Crippen molar-refractivity contribution in [2.24, 2.45) is 0 Å². The van der Waals surface area contributed by atoms with E-state index >= 15 is 0 Å². The number of aromatic nitrogens is 1. The molecule has 0 unspecified atom stereocenters. The summed E-state index contributed by atoms with van der Waals surface area (Å²) >= 11 is 0. The van der Waals surface area contributed by atoms with E-state index in [1.54, 1.807) is 30.6 Å². The molecule has 4 N–H and O–H groups in total. The lowest BCUT2D eigenvalue weighted by Gasteiger charge is -2.10. The molecule has 0 radical (unpaired) electrons. The van der Waals surface area contributed by atoms with E-state index in [4.69, 9.17) is 20.9 Å². The fraction of sp³-hybridized carbons (Fsp3) is 0.0556. The molecule has 0 bridgehead atoms. The number of pyridine rings is 1. The van der Waals surface area contributed by atoms with Crippen LogP contribution in [0.1, 0.15) is 5.56 Å². The third-order valence-electron chi connectivity index (χ3n) is 3.21. The number of benzene rings is 2. The van der Waals surface area contributed by atoms with Gasteiger partial charge in [-0.05, 0) is 48.5 Å². The van der Waals surface area contributed by atoms with Gasteiger partial charge < -0.3 is 20.9 Å². The smallest absolute Gasteiger partial charge is 0.150 e. The van der Waals surface area contributed by atoms with Crippen LogP contribution in [0.4, 0.5) is 11.4 Å². The van der Waals surface area contributed by atoms with E-state index in [2.05, 4.69) is 4.98 Å². The van der Waals surface area contributed by atoms with Crippen molar-refractivity contribution in [2.75, 3.05) is 11.5 Å². The molecular weight excluding hydrogens is 290 g/mol. The van der Waals surface area contributed by atoms with Crippen LogP contribution in [-0.4, -0.2) is 4.98 Å². The number of ether oxygens (including phenoxy) is 2. The molecule has 0 aliphatic rings. The largest absolute Gasteiger partial charge is 0.489 e. The minimum atomic E-state index is 0.471. The molecule has 116 valence electrons. The van der Waals surface area contributed by atoms with Gasteiger partial charge in [-0.2, -0.15) is 0 Å². The SMILES string of the molecule is Nc1ccc(Oc2ccc(OCc3cccnc3)cc2)c(N)c1. The van der Waals surface area contributed by atoms with Gasteiger partial charge in [-0.25, -0.2) is 0 Å². The summed E-state index contributed by atoms with van der Waals surface area (Å²) in [6.07, 6.45) is 3.51. The highest BCUT2D eigenvalue weighted by Crippen LogP contribution is 2.29. The minimum Gasteiger partial charge on any atom is -0.489 e. The third kappa shape index (κ3) is 3.91. The average Bonchev–Trinajstić information content (AvgIpc) is 2.58. The zero-order valence-corrected chi connectivity index (χ0v) is 12.5. The fourth-order valence-electron chi connectivity index (χ4n) is 2.04. The molecule has 0 spiro atoms. The Balaban J connectivity index is 1.63. The lowest BCUT2D eigenvalue weighted by molar-refractivity contribution is 0.305. The first-order chi connectivity index (χ1) is 11.2. The summed E-state index contributed by atoms with van der Waals surface area (Å²) in [5.41, 5.74) is 13.7. The van der Waals surface area contributed by atoms with Gasteiger partial charge >= 0.3 is 0 Å². The van der Waals surface area contributed by atoms with Crippen LogP contribution in [0.25, 0.3) is 0 Å². The van der Waals surface area contributed by atoms with Gasteiger partial charge in [-0.1, -0.05) is 6.07 Å². The molecule has 1 heterocycles. The first-order valence-electron chi connectivity index (χ1n) is 7.15. The number of nitrogens with two attached hydrogens (primary N) is 2. The van der Waals surface area contributed by atoms with E-state index in [1.807, 2.05) is 36.4 Å². The molecule has 0 saturated heterocycles. The third-order valence-corrected chi connectivity index (χ3v) is 3.21. The Hall–Kier alpha value is -3.21. The predicted molar refractivity (Wildman–Crippen MR) is 90.4 cm³/mol. The van der Waals surface area contributed by atoms with E-state index in [0.717, 1.165) is 11.3 Å². The van der Waals surface area contributed by atoms with Crippen molar-refractivity contribution in [3.05, 3.63) is 72.6 Å². The van der Waals surface area contributed by atoms with Crippen molar-refractivity contribution in [1.82, 2.24) is 4.98 Å². The molecule has 3 rings (SSSR count). The van der Waals surface area contributed by atoms with Crippen molar-refractivity contribution in [1.29, 1.82) is 0 Å². The van der Waals surface area contributed by atoms with Crippen LogP contribution >= 0.6 is 0 Å². The summed E-state index contributed by atoms with van der Waals surface area (Å²) in [6, 6.07) is 16.4. The zero-order valence-electron chi connectivity index (χ0n) is 12.5. The first kappa shape index (κ1) is 14.7. The lowest BCUT2D eigenvalue weighted by atomic mass is 10.2. The number of rotatable bonds is 5. The van der Waals surface area contributed by atoms with E-state index < -0.39 is 0 Å². The molecule has 2 aromatic carbocycles. The highest BCUT2D eigenvalue weighted by molar-refractivity contribution is 5.61. The maximum Gasteiger partial charge on any atom is 0.150 e. The Bertz CT molecular complexity index is 774. The lowest BCUT2D eigenvalue weighted by Crippen LogP contribution is -1.96. The molecule has 1 aromatic heterocycles. The van der Waals surface area contributed by atoms with Crippen LogP contribution in [0.15, 0.2) is 67.0 Å². The highest BCUT2D eigenvalue weighted by atomic mass is 16.5. The van der Waals surface area contributed by atoms with Crippen LogP contribution in [0.3, 0.4) is 0 Å². The quantitative estimate of drug-likeness (QED) is 0.703. The van der Waals surface area contributed by atoms with Crippen LogP contribution in [-0.2, 0) is 6.61 Å². The number of nitrogen functional groups attached to an aromatic ring is 2. The van der Waals surface area contributed by atoms with Gasteiger partial charge in [0.25, 0.3) is 0 Å². The molecule has 0 fully saturated rings. The topological polar surface area (TPSA) is 83.4 Å². The van der Waals surface area contributed by atoms with Gasteiger partial charge in [-0.3, -0.25) is 4.98 Å². The van der Waals surface area contributed by atoms with Crippen LogP contribution in [0.5, 0.6) is 17.2 Å². The predicted octanol–water partition coefficient (Wildman–Crippen LogP) is 3.62. The van der Waals surface area contributed by atoms with Crippen LogP contribution in [0.2, 0.25) is 0 Å². The standard InChI is InChI=1S/C18H17N3O2/c19-14-3-8-18(17(20)10-14)23-16-6-4-15(5-7-16)22-12-13-2-1-9-21-11-13/h1-11H,12,19-20H2. The maximum absolute atomic E-state index is 5.88. The summed E-state index contributed by atoms with van der Waals surface area (Å²) in [5, 5.41) is 0. The van der Waals surface area contributed by atoms with E-state index in [-0.39, 0.29) is 0 Å². The Morgan fingerprint density at radius 2 is 1.70 bits per heavy atom. The number of nitrogens with zero attached hydrogens (tertiary/aromatic N) is 1.